The zero-order valence-corrected chi connectivity index (χ0v) is 17.5. The summed E-state index contributed by atoms with van der Waals surface area (Å²) in [5, 5.41) is 3.57. The average molecular weight is 418 g/mol. The number of nitrogens with one attached hydrogen (secondary N) is 1. The van der Waals surface area contributed by atoms with Gasteiger partial charge in [0.05, 0.1) is 12.9 Å². The summed E-state index contributed by atoms with van der Waals surface area (Å²) < 4.78 is 6.82. The summed E-state index contributed by atoms with van der Waals surface area (Å²) in [6.45, 7) is 3.51. The number of fused-ring (bicyclic) bond motifs is 3. The second kappa shape index (κ2) is 8.06. The number of carbonyl (C=O) groups is 2. The molecule has 0 aliphatic rings. The van der Waals surface area contributed by atoms with Crippen molar-refractivity contribution in [2.24, 2.45) is 0 Å². The monoisotopic (exact) mass is 418 g/mol. The molecular formula is C23H22N4O4. The van der Waals surface area contributed by atoms with Gasteiger partial charge in [-0.3, -0.25) is 19.0 Å². The summed E-state index contributed by atoms with van der Waals surface area (Å²) >= 11 is 0. The SMILES string of the molecule is Cc1cccc(NC(=O)CN(C)C(=O)Cn2cnc3c(oc4ccccc43)c2=O)c1C. The van der Waals surface area contributed by atoms with E-state index >= 15 is 0 Å². The Kier molecular flexibility index (Phi) is 5.29. The minimum absolute atomic E-state index is 0.104. The van der Waals surface area contributed by atoms with E-state index in [1.165, 1.54) is 22.8 Å². The fourth-order valence-electron chi connectivity index (χ4n) is 3.37. The van der Waals surface area contributed by atoms with Crippen LogP contribution in [0.25, 0.3) is 22.1 Å². The van der Waals surface area contributed by atoms with Crippen LogP contribution in [0.1, 0.15) is 11.1 Å². The van der Waals surface area contributed by atoms with E-state index in [0.29, 0.717) is 16.8 Å². The van der Waals surface area contributed by atoms with E-state index in [1.54, 1.807) is 6.07 Å². The lowest BCUT2D eigenvalue weighted by Gasteiger charge is -2.18. The van der Waals surface area contributed by atoms with E-state index in [4.69, 9.17) is 4.42 Å². The molecule has 0 fully saturated rings. The van der Waals surface area contributed by atoms with E-state index in [9.17, 15) is 14.4 Å². The molecule has 4 rings (SSSR count). The van der Waals surface area contributed by atoms with Crippen LogP contribution in [0, 0.1) is 13.8 Å². The Morgan fingerprint density at radius 3 is 2.71 bits per heavy atom. The third-order valence-corrected chi connectivity index (χ3v) is 5.34. The predicted molar refractivity (Wildman–Crippen MR) is 118 cm³/mol. The number of aryl methyl sites for hydroxylation is 1. The number of benzene rings is 2. The summed E-state index contributed by atoms with van der Waals surface area (Å²) in [5.74, 6) is -0.710. The first-order valence-corrected chi connectivity index (χ1v) is 9.82. The quantitative estimate of drug-likeness (QED) is 0.538. The average Bonchev–Trinajstić information content (AvgIpc) is 3.13. The maximum atomic E-state index is 12.8. The number of hydrogen-bond acceptors (Lipinski definition) is 5. The van der Waals surface area contributed by atoms with E-state index in [0.717, 1.165) is 16.5 Å². The summed E-state index contributed by atoms with van der Waals surface area (Å²) in [6, 6.07) is 12.9. The van der Waals surface area contributed by atoms with Crippen molar-refractivity contribution < 1.29 is 14.0 Å². The van der Waals surface area contributed by atoms with Crippen LogP contribution in [0.3, 0.4) is 0 Å². The third-order valence-electron chi connectivity index (χ3n) is 5.34. The van der Waals surface area contributed by atoms with Gasteiger partial charge in [-0.05, 0) is 43.2 Å². The highest BCUT2D eigenvalue weighted by atomic mass is 16.3. The molecule has 2 heterocycles. The van der Waals surface area contributed by atoms with Gasteiger partial charge >= 0.3 is 0 Å². The van der Waals surface area contributed by atoms with Crippen molar-refractivity contribution in [1.29, 1.82) is 0 Å². The molecule has 2 amide bonds. The molecular weight excluding hydrogens is 396 g/mol. The Labute approximate surface area is 178 Å². The molecule has 31 heavy (non-hydrogen) atoms. The number of anilines is 1. The van der Waals surface area contributed by atoms with Gasteiger partial charge in [0.1, 0.15) is 17.6 Å². The summed E-state index contributed by atoms with van der Waals surface area (Å²) in [6.07, 6.45) is 1.33. The molecule has 0 unspecified atom stereocenters. The standard InChI is InChI=1S/C23H22N4O4/c1-14-7-6-9-17(15(14)2)25-19(28)11-26(3)20(29)12-27-13-24-21-16-8-4-5-10-18(16)31-22(21)23(27)30/h4-10,13H,11-12H2,1-3H3,(H,25,28). The van der Waals surface area contributed by atoms with Gasteiger partial charge in [0.15, 0.2) is 0 Å². The Morgan fingerprint density at radius 2 is 1.90 bits per heavy atom. The van der Waals surface area contributed by atoms with Gasteiger partial charge in [0, 0.05) is 18.1 Å². The minimum Gasteiger partial charge on any atom is -0.448 e. The molecule has 4 aromatic rings. The molecule has 0 spiro atoms. The van der Waals surface area contributed by atoms with E-state index in [1.807, 2.05) is 50.2 Å². The van der Waals surface area contributed by atoms with Crippen molar-refractivity contribution in [1.82, 2.24) is 14.5 Å². The maximum absolute atomic E-state index is 12.8. The molecule has 1 N–H and O–H groups in total. The molecule has 8 heteroatoms. The van der Waals surface area contributed by atoms with Crippen molar-refractivity contribution in [3.8, 4) is 0 Å². The first-order chi connectivity index (χ1) is 14.8. The zero-order valence-electron chi connectivity index (χ0n) is 17.5. The summed E-state index contributed by atoms with van der Waals surface area (Å²) in [4.78, 5) is 43.3. The Morgan fingerprint density at radius 1 is 1.13 bits per heavy atom. The van der Waals surface area contributed by atoms with Crippen molar-refractivity contribution in [3.05, 3.63) is 70.3 Å². The first kappa shape index (κ1) is 20.3. The minimum atomic E-state index is -0.442. The topological polar surface area (TPSA) is 97.4 Å². The molecule has 2 aromatic carbocycles. The van der Waals surface area contributed by atoms with Crippen molar-refractivity contribution in [3.63, 3.8) is 0 Å². The van der Waals surface area contributed by atoms with E-state index in [-0.39, 0.29) is 24.6 Å². The van der Waals surface area contributed by atoms with Gasteiger partial charge in [-0.1, -0.05) is 24.3 Å². The molecule has 0 atom stereocenters. The van der Waals surface area contributed by atoms with Crippen LogP contribution in [0.15, 0.2) is 58.0 Å². The van der Waals surface area contributed by atoms with E-state index < -0.39 is 11.5 Å². The molecule has 0 aliphatic carbocycles. The van der Waals surface area contributed by atoms with Gasteiger partial charge in [-0.15, -0.1) is 0 Å². The van der Waals surface area contributed by atoms with Gasteiger partial charge in [-0.25, -0.2) is 4.98 Å². The van der Waals surface area contributed by atoms with Gasteiger partial charge in [-0.2, -0.15) is 0 Å². The first-order valence-electron chi connectivity index (χ1n) is 9.82. The van der Waals surface area contributed by atoms with Crippen LogP contribution in [-0.4, -0.2) is 39.9 Å². The van der Waals surface area contributed by atoms with Gasteiger partial charge < -0.3 is 14.6 Å². The second-order valence-electron chi connectivity index (χ2n) is 7.50. The number of carbonyl (C=O) groups excluding carboxylic acids is 2. The largest absolute Gasteiger partial charge is 0.448 e. The fourth-order valence-corrected chi connectivity index (χ4v) is 3.37. The van der Waals surface area contributed by atoms with Crippen LogP contribution in [0.4, 0.5) is 5.69 Å². The highest BCUT2D eigenvalue weighted by Gasteiger charge is 2.18. The second-order valence-corrected chi connectivity index (χ2v) is 7.50. The number of amides is 2. The Balaban J connectivity index is 1.47. The molecule has 0 aliphatic heterocycles. The smallest absolute Gasteiger partial charge is 0.297 e. The van der Waals surface area contributed by atoms with Gasteiger partial charge in [0.2, 0.25) is 17.4 Å². The van der Waals surface area contributed by atoms with E-state index in [2.05, 4.69) is 10.3 Å². The van der Waals surface area contributed by atoms with Crippen LogP contribution < -0.4 is 10.9 Å². The molecule has 158 valence electrons. The normalized spacial score (nSPS) is 11.1. The van der Waals surface area contributed by atoms with Crippen molar-refractivity contribution in [2.75, 3.05) is 18.9 Å². The maximum Gasteiger partial charge on any atom is 0.297 e. The molecule has 8 nitrogen and oxygen atoms in total. The summed E-state index contributed by atoms with van der Waals surface area (Å²) in [7, 11) is 1.52. The number of rotatable bonds is 5. The predicted octanol–water partition coefficient (Wildman–Crippen LogP) is 2.86. The third kappa shape index (κ3) is 3.92. The molecule has 2 aromatic heterocycles. The lowest BCUT2D eigenvalue weighted by molar-refractivity contribution is -0.133. The number of para-hydroxylation sites is 1. The molecule has 0 bridgehead atoms. The number of likely N-dealkylation sites (N-methyl/N-ethyl adjacent to an activating group) is 1. The summed E-state index contributed by atoms with van der Waals surface area (Å²) in [5.41, 5.74) is 3.44. The number of nitrogens with zero attached hydrogens (tertiary/aromatic N) is 3. The van der Waals surface area contributed by atoms with Crippen molar-refractivity contribution in [2.45, 2.75) is 20.4 Å². The molecule has 0 radical (unpaired) electrons. The molecule has 0 saturated heterocycles. The van der Waals surface area contributed by atoms with Crippen LogP contribution in [0.5, 0.6) is 0 Å². The van der Waals surface area contributed by atoms with Crippen LogP contribution in [-0.2, 0) is 16.1 Å². The number of aromatic nitrogens is 2. The van der Waals surface area contributed by atoms with Crippen LogP contribution >= 0.6 is 0 Å². The Bertz CT molecular complexity index is 1370. The van der Waals surface area contributed by atoms with Crippen molar-refractivity contribution >= 4 is 39.6 Å². The highest BCUT2D eigenvalue weighted by Crippen LogP contribution is 2.24. The Hall–Kier alpha value is -3.94. The molecule has 0 saturated carbocycles. The zero-order chi connectivity index (χ0) is 22.1. The van der Waals surface area contributed by atoms with Crippen LogP contribution in [0.2, 0.25) is 0 Å². The number of hydrogen-bond donors (Lipinski definition) is 1. The lowest BCUT2D eigenvalue weighted by atomic mass is 10.1. The number of furan rings is 1. The van der Waals surface area contributed by atoms with Gasteiger partial charge in [0.25, 0.3) is 5.56 Å². The fraction of sp³-hybridized carbons (Fsp3) is 0.217. The lowest BCUT2D eigenvalue weighted by Crippen LogP contribution is -2.38. The highest BCUT2D eigenvalue weighted by molar-refractivity contribution is 6.01.